The normalized spacial score (nSPS) is 14.6. The van der Waals surface area contributed by atoms with Crippen molar-refractivity contribution in [3.63, 3.8) is 0 Å². The molecule has 1 saturated heterocycles. The Morgan fingerprint density at radius 2 is 1.72 bits per heavy atom. The first kappa shape index (κ1) is 22.2. The minimum absolute atomic E-state index is 0.505. The first-order valence-corrected chi connectivity index (χ1v) is 11.3. The maximum atomic E-state index is 6.31. The molecule has 0 aliphatic carbocycles. The fraction of sp³-hybridized carbons (Fsp3) is 0.269. The monoisotopic (exact) mass is 450 g/mol. The van der Waals surface area contributed by atoms with Crippen molar-refractivity contribution in [1.82, 2.24) is 5.01 Å². The highest BCUT2D eigenvalue weighted by atomic mass is 35.5. The van der Waals surface area contributed by atoms with E-state index in [9.17, 15) is 0 Å². The summed E-state index contributed by atoms with van der Waals surface area (Å²) in [6, 6.07) is 24.1. The van der Waals surface area contributed by atoms with Gasteiger partial charge in [-0.3, -0.25) is 5.01 Å². The van der Waals surface area contributed by atoms with Crippen molar-refractivity contribution in [2.45, 2.75) is 13.2 Å². The Balaban J connectivity index is 1.30. The highest BCUT2D eigenvalue weighted by Gasteiger charge is 2.19. The molecule has 1 heterocycles. The molecule has 0 bridgehead atoms. The second-order valence-corrected chi connectivity index (χ2v) is 8.31. The Morgan fingerprint density at radius 3 is 2.47 bits per heavy atom. The van der Waals surface area contributed by atoms with Gasteiger partial charge < -0.3 is 14.4 Å². The number of rotatable bonds is 8. The molecule has 0 spiro atoms. The fourth-order valence-electron chi connectivity index (χ4n) is 3.78. The number of nitrogens with zero attached hydrogens (tertiary/aromatic N) is 2. The number of hydrazone groups is 1. The second kappa shape index (κ2) is 11.0. The Labute approximate surface area is 194 Å². The molecule has 0 atom stereocenters. The van der Waals surface area contributed by atoms with Gasteiger partial charge >= 0.3 is 0 Å². The van der Waals surface area contributed by atoms with Crippen molar-refractivity contribution in [1.29, 1.82) is 0 Å². The van der Waals surface area contributed by atoms with E-state index in [1.165, 1.54) is 10.5 Å². The van der Waals surface area contributed by atoms with Crippen LogP contribution in [0, 0.1) is 0 Å². The number of quaternary nitrogens is 1. The van der Waals surface area contributed by atoms with Gasteiger partial charge in [-0.2, -0.15) is 5.10 Å². The van der Waals surface area contributed by atoms with E-state index < -0.39 is 0 Å². The maximum absolute atomic E-state index is 6.31. The van der Waals surface area contributed by atoms with Gasteiger partial charge in [-0.25, -0.2) is 0 Å². The van der Waals surface area contributed by atoms with Gasteiger partial charge in [0.05, 0.1) is 39.5 Å². The number of ether oxygens (including phenoxy) is 2. The summed E-state index contributed by atoms with van der Waals surface area (Å²) in [6.45, 7) is 5.39. The van der Waals surface area contributed by atoms with Crippen molar-refractivity contribution in [2.75, 3.05) is 33.3 Å². The standard InChI is InChI=1S/C26H28ClN3O2/c1-31-26-17-22(11-12-25(26)32-20-21-7-3-2-4-8-21)18-28-30-15-13-29(14-16-30)19-23-9-5-6-10-24(23)27/h2-12,17-18H,13-16,19-20H2,1H3/p+1/b28-18-. The molecule has 0 unspecified atom stereocenters. The van der Waals surface area contributed by atoms with Crippen LogP contribution in [0.1, 0.15) is 16.7 Å². The van der Waals surface area contributed by atoms with Crippen LogP contribution in [0.5, 0.6) is 11.5 Å². The summed E-state index contributed by atoms with van der Waals surface area (Å²) in [5, 5.41) is 7.66. The molecular weight excluding hydrogens is 422 g/mol. The molecule has 4 rings (SSSR count). The molecule has 0 radical (unpaired) electrons. The zero-order valence-electron chi connectivity index (χ0n) is 18.3. The average Bonchev–Trinajstić information content (AvgIpc) is 2.84. The fourth-order valence-corrected chi connectivity index (χ4v) is 3.98. The number of piperazine rings is 1. The van der Waals surface area contributed by atoms with Gasteiger partial charge in [0.25, 0.3) is 0 Å². The summed E-state index contributed by atoms with van der Waals surface area (Å²) in [6.07, 6.45) is 1.89. The summed E-state index contributed by atoms with van der Waals surface area (Å²) < 4.78 is 11.5. The minimum Gasteiger partial charge on any atom is -0.493 e. The Bertz CT molecular complexity index is 1030. The number of benzene rings is 3. The van der Waals surface area contributed by atoms with Crippen LogP contribution in [-0.2, 0) is 13.2 Å². The van der Waals surface area contributed by atoms with Crippen LogP contribution in [0.4, 0.5) is 0 Å². The lowest BCUT2D eigenvalue weighted by molar-refractivity contribution is -0.918. The van der Waals surface area contributed by atoms with Crippen LogP contribution >= 0.6 is 11.6 Å². The SMILES string of the molecule is COc1cc(/C=N\N2CC[NH+](Cc3ccccc3Cl)CC2)ccc1OCc1ccccc1. The number of hydrogen-bond donors (Lipinski definition) is 1. The molecule has 32 heavy (non-hydrogen) atoms. The molecular formula is C26H29ClN3O2+. The largest absolute Gasteiger partial charge is 0.493 e. The summed E-state index contributed by atoms with van der Waals surface area (Å²) >= 11 is 6.31. The molecule has 166 valence electrons. The van der Waals surface area contributed by atoms with E-state index >= 15 is 0 Å². The van der Waals surface area contributed by atoms with E-state index in [-0.39, 0.29) is 0 Å². The van der Waals surface area contributed by atoms with Gasteiger partial charge in [0.15, 0.2) is 11.5 Å². The van der Waals surface area contributed by atoms with E-state index in [0.29, 0.717) is 12.4 Å². The van der Waals surface area contributed by atoms with Crippen LogP contribution in [0.15, 0.2) is 77.9 Å². The third-order valence-electron chi connectivity index (χ3n) is 5.64. The zero-order chi connectivity index (χ0) is 22.2. The molecule has 3 aromatic rings. The van der Waals surface area contributed by atoms with Crippen molar-refractivity contribution >= 4 is 17.8 Å². The van der Waals surface area contributed by atoms with Gasteiger partial charge in [0.2, 0.25) is 0 Å². The molecule has 3 aromatic carbocycles. The van der Waals surface area contributed by atoms with Crippen molar-refractivity contribution in [3.05, 3.63) is 94.5 Å². The number of halogens is 1. The van der Waals surface area contributed by atoms with E-state index in [1.807, 2.05) is 72.9 Å². The first-order valence-electron chi connectivity index (χ1n) is 10.9. The van der Waals surface area contributed by atoms with Crippen molar-refractivity contribution < 1.29 is 14.4 Å². The predicted octanol–water partition coefficient (Wildman–Crippen LogP) is 3.66. The molecule has 1 aliphatic rings. The van der Waals surface area contributed by atoms with Crippen LogP contribution in [0.25, 0.3) is 0 Å². The van der Waals surface area contributed by atoms with Crippen LogP contribution in [0.3, 0.4) is 0 Å². The molecule has 0 aromatic heterocycles. The van der Waals surface area contributed by atoms with Gasteiger partial charge in [-0.1, -0.05) is 60.1 Å². The maximum Gasteiger partial charge on any atom is 0.161 e. The van der Waals surface area contributed by atoms with Gasteiger partial charge in [0, 0.05) is 10.6 Å². The summed E-state index contributed by atoms with van der Waals surface area (Å²) in [5.41, 5.74) is 3.32. The van der Waals surface area contributed by atoms with E-state index in [1.54, 1.807) is 7.11 Å². The van der Waals surface area contributed by atoms with Gasteiger partial charge in [0.1, 0.15) is 13.2 Å². The average molecular weight is 451 g/mol. The summed E-state index contributed by atoms with van der Waals surface area (Å²) in [4.78, 5) is 1.53. The molecule has 1 aliphatic heterocycles. The number of hydrogen-bond acceptors (Lipinski definition) is 4. The van der Waals surface area contributed by atoms with E-state index in [2.05, 4.69) is 16.2 Å². The Morgan fingerprint density at radius 1 is 0.969 bits per heavy atom. The lowest BCUT2D eigenvalue weighted by atomic mass is 10.2. The van der Waals surface area contributed by atoms with E-state index in [0.717, 1.165) is 54.6 Å². The Hall–Kier alpha value is -3.02. The third kappa shape index (κ3) is 6.02. The lowest BCUT2D eigenvalue weighted by Crippen LogP contribution is -3.13. The quantitative estimate of drug-likeness (QED) is 0.532. The second-order valence-electron chi connectivity index (χ2n) is 7.90. The molecule has 5 nitrogen and oxygen atoms in total. The van der Waals surface area contributed by atoms with Crippen molar-refractivity contribution in [2.24, 2.45) is 5.10 Å². The smallest absolute Gasteiger partial charge is 0.161 e. The summed E-state index contributed by atoms with van der Waals surface area (Å²) in [7, 11) is 1.66. The highest BCUT2D eigenvalue weighted by Crippen LogP contribution is 2.28. The Kier molecular flexibility index (Phi) is 7.64. The topological polar surface area (TPSA) is 38.5 Å². The minimum atomic E-state index is 0.505. The third-order valence-corrected chi connectivity index (χ3v) is 6.01. The number of methoxy groups -OCH3 is 1. The predicted molar refractivity (Wildman–Crippen MR) is 129 cm³/mol. The first-order chi connectivity index (χ1) is 15.7. The van der Waals surface area contributed by atoms with Gasteiger partial charge in [-0.05, 0) is 35.4 Å². The molecule has 1 N–H and O–H groups in total. The van der Waals surface area contributed by atoms with Crippen molar-refractivity contribution in [3.8, 4) is 11.5 Å². The molecule has 0 saturated carbocycles. The van der Waals surface area contributed by atoms with Crippen LogP contribution < -0.4 is 14.4 Å². The van der Waals surface area contributed by atoms with Crippen LogP contribution in [-0.4, -0.2) is 44.5 Å². The zero-order valence-corrected chi connectivity index (χ0v) is 19.1. The lowest BCUT2D eigenvalue weighted by Gasteiger charge is -2.30. The van der Waals surface area contributed by atoms with Gasteiger partial charge in [-0.15, -0.1) is 0 Å². The number of nitrogens with one attached hydrogen (secondary N) is 1. The highest BCUT2D eigenvalue weighted by molar-refractivity contribution is 6.31. The molecule has 1 fully saturated rings. The molecule has 0 amide bonds. The van der Waals surface area contributed by atoms with E-state index in [4.69, 9.17) is 21.1 Å². The molecule has 6 heteroatoms. The van der Waals surface area contributed by atoms with Crippen LogP contribution in [0.2, 0.25) is 5.02 Å². The summed E-state index contributed by atoms with van der Waals surface area (Å²) in [5.74, 6) is 1.43.